The van der Waals surface area contributed by atoms with Crippen LogP contribution in [0.1, 0.15) is 24.6 Å². The summed E-state index contributed by atoms with van der Waals surface area (Å²) >= 11 is 0. The summed E-state index contributed by atoms with van der Waals surface area (Å²) in [6.07, 6.45) is 3.86. The second kappa shape index (κ2) is 11.2. The van der Waals surface area contributed by atoms with Crippen LogP contribution in [-0.4, -0.2) is 60.3 Å². The number of nitrogens with zero attached hydrogens (tertiary/aromatic N) is 4. The topological polar surface area (TPSA) is 59.6 Å². The number of benzene rings is 1. The van der Waals surface area contributed by atoms with Crippen LogP contribution in [0.3, 0.4) is 0 Å². The van der Waals surface area contributed by atoms with Crippen molar-refractivity contribution in [1.29, 1.82) is 0 Å². The van der Waals surface area contributed by atoms with Crippen molar-refractivity contribution in [2.75, 3.05) is 44.2 Å². The highest BCUT2D eigenvalue weighted by Gasteiger charge is 2.21. The number of rotatable bonds is 6. The number of hydrogen-bond acceptors (Lipinski definition) is 3. The lowest BCUT2D eigenvalue weighted by molar-refractivity contribution is 0.370. The largest absolute Gasteiger partial charge is 0.366 e. The summed E-state index contributed by atoms with van der Waals surface area (Å²) in [5.74, 6) is 0.802. The molecule has 1 fully saturated rings. The van der Waals surface area contributed by atoms with E-state index in [2.05, 4.69) is 32.2 Å². The fourth-order valence-corrected chi connectivity index (χ4v) is 3.38. The van der Waals surface area contributed by atoms with E-state index in [4.69, 9.17) is 4.99 Å². The van der Waals surface area contributed by atoms with Crippen molar-refractivity contribution in [3.05, 3.63) is 47.5 Å². The number of anilines is 1. The molecular weight excluding hydrogens is 470 g/mol. The zero-order chi connectivity index (χ0) is 19.1. The standard InChI is InChI=1S/C20H29FN6.HI/c1-3-22-20(23-10-6-7-17-15-24-25-16(17)2)27-13-11-26(12-14-27)19-9-5-4-8-18(19)21;/h4-5,8-9,15H,3,6-7,10-14H2,1-2H3,(H,22,23)(H,24,25);1H. The highest BCUT2D eigenvalue weighted by Crippen LogP contribution is 2.20. The molecule has 0 bridgehead atoms. The molecule has 0 saturated carbocycles. The fourth-order valence-electron chi connectivity index (χ4n) is 3.38. The van der Waals surface area contributed by atoms with Gasteiger partial charge in [-0.25, -0.2) is 4.39 Å². The van der Waals surface area contributed by atoms with Gasteiger partial charge in [0.25, 0.3) is 0 Å². The second-order valence-electron chi connectivity index (χ2n) is 6.78. The number of aromatic amines is 1. The molecule has 2 aromatic rings. The molecule has 28 heavy (non-hydrogen) atoms. The van der Waals surface area contributed by atoms with Crippen LogP contribution in [0.4, 0.5) is 10.1 Å². The van der Waals surface area contributed by atoms with Gasteiger partial charge < -0.3 is 15.1 Å². The van der Waals surface area contributed by atoms with Crippen molar-refractivity contribution < 1.29 is 4.39 Å². The molecule has 2 N–H and O–H groups in total. The predicted octanol–water partition coefficient (Wildman–Crippen LogP) is 3.20. The molecule has 0 aliphatic carbocycles. The average Bonchev–Trinajstić information content (AvgIpc) is 3.10. The molecule has 0 spiro atoms. The van der Waals surface area contributed by atoms with E-state index in [0.717, 1.165) is 63.8 Å². The van der Waals surface area contributed by atoms with Crippen LogP contribution in [0.5, 0.6) is 0 Å². The molecule has 1 aromatic carbocycles. The zero-order valence-electron chi connectivity index (χ0n) is 16.6. The molecule has 0 atom stereocenters. The number of aliphatic imine (C=N–C) groups is 1. The van der Waals surface area contributed by atoms with Gasteiger partial charge in [0.05, 0.1) is 11.9 Å². The van der Waals surface area contributed by atoms with Gasteiger partial charge in [0.15, 0.2) is 5.96 Å². The zero-order valence-corrected chi connectivity index (χ0v) is 18.9. The van der Waals surface area contributed by atoms with Crippen LogP contribution in [0.25, 0.3) is 0 Å². The van der Waals surface area contributed by atoms with E-state index in [0.29, 0.717) is 5.69 Å². The van der Waals surface area contributed by atoms with Gasteiger partial charge in [0, 0.05) is 45.0 Å². The van der Waals surface area contributed by atoms with Crippen LogP contribution in [0, 0.1) is 12.7 Å². The van der Waals surface area contributed by atoms with Gasteiger partial charge >= 0.3 is 0 Å². The molecule has 1 aliphatic rings. The number of nitrogens with one attached hydrogen (secondary N) is 2. The number of guanidine groups is 1. The number of hydrogen-bond donors (Lipinski definition) is 2. The highest BCUT2D eigenvalue weighted by atomic mass is 127. The normalized spacial score (nSPS) is 14.8. The van der Waals surface area contributed by atoms with Gasteiger partial charge in [0.1, 0.15) is 5.82 Å². The maximum Gasteiger partial charge on any atom is 0.194 e. The maximum atomic E-state index is 14.0. The molecule has 1 saturated heterocycles. The van der Waals surface area contributed by atoms with Crippen LogP contribution < -0.4 is 10.2 Å². The Hall–Kier alpha value is -1.84. The van der Waals surface area contributed by atoms with E-state index in [9.17, 15) is 4.39 Å². The van der Waals surface area contributed by atoms with Crippen molar-refractivity contribution in [2.45, 2.75) is 26.7 Å². The number of para-hydroxylation sites is 1. The van der Waals surface area contributed by atoms with E-state index in [-0.39, 0.29) is 29.8 Å². The van der Waals surface area contributed by atoms with Crippen molar-refractivity contribution in [2.24, 2.45) is 4.99 Å². The number of halogens is 2. The summed E-state index contributed by atoms with van der Waals surface area (Å²) in [4.78, 5) is 9.17. The molecular formula is C20H30FIN6. The molecule has 8 heteroatoms. The summed E-state index contributed by atoms with van der Waals surface area (Å²) in [7, 11) is 0. The minimum atomic E-state index is -0.152. The number of aryl methyl sites for hydroxylation is 2. The quantitative estimate of drug-likeness (QED) is 0.277. The molecule has 154 valence electrons. The van der Waals surface area contributed by atoms with Gasteiger partial charge in [-0.1, -0.05) is 12.1 Å². The minimum absolute atomic E-state index is 0. The van der Waals surface area contributed by atoms with E-state index >= 15 is 0 Å². The Morgan fingerprint density at radius 1 is 1.25 bits per heavy atom. The minimum Gasteiger partial charge on any atom is -0.366 e. The molecule has 3 rings (SSSR count). The molecule has 0 amide bonds. The Bertz CT molecular complexity index is 755. The average molecular weight is 500 g/mol. The Morgan fingerprint density at radius 3 is 2.64 bits per heavy atom. The Balaban J connectivity index is 0.00000280. The fraction of sp³-hybridized carbons (Fsp3) is 0.500. The van der Waals surface area contributed by atoms with E-state index in [1.54, 1.807) is 6.07 Å². The predicted molar refractivity (Wildman–Crippen MR) is 123 cm³/mol. The first-order chi connectivity index (χ1) is 13.2. The third-order valence-corrected chi connectivity index (χ3v) is 4.91. The molecule has 2 heterocycles. The van der Waals surface area contributed by atoms with Crippen molar-refractivity contribution >= 4 is 35.6 Å². The third-order valence-electron chi connectivity index (χ3n) is 4.91. The smallest absolute Gasteiger partial charge is 0.194 e. The van der Waals surface area contributed by atoms with Crippen molar-refractivity contribution in [1.82, 2.24) is 20.4 Å². The molecule has 1 aliphatic heterocycles. The Labute approximate surface area is 183 Å². The van der Waals surface area contributed by atoms with Gasteiger partial charge in [-0.15, -0.1) is 24.0 Å². The summed E-state index contributed by atoms with van der Waals surface area (Å²) in [5, 5.41) is 10.4. The van der Waals surface area contributed by atoms with Gasteiger partial charge in [-0.2, -0.15) is 5.10 Å². The first kappa shape index (κ1) is 22.4. The number of H-pyrrole nitrogens is 1. The van der Waals surface area contributed by atoms with E-state index in [1.807, 2.05) is 25.3 Å². The Morgan fingerprint density at radius 2 is 2.00 bits per heavy atom. The molecule has 1 aromatic heterocycles. The van der Waals surface area contributed by atoms with Gasteiger partial charge in [0.2, 0.25) is 0 Å². The summed E-state index contributed by atoms with van der Waals surface area (Å²) in [5.41, 5.74) is 3.08. The monoisotopic (exact) mass is 500 g/mol. The molecule has 6 nitrogen and oxygen atoms in total. The summed E-state index contributed by atoms with van der Waals surface area (Å²) in [6.45, 7) is 9.00. The van der Waals surface area contributed by atoms with Crippen LogP contribution in [0.15, 0.2) is 35.5 Å². The number of aromatic nitrogens is 2. The van der Waals surface area contributed by atoms with Crippen molar-refractivity contribution in [3.8, 4) is 0 Å². The van der Waals surface area contributed by atoms with Crippen molar-refractivity contribution in [3.63, 3.8) is 0 Å². The lowest BCUT2D eigenvalue weighted by atomic mass is 10.1. The summed E-state index contributed by atoms with van der Waals surface area (Å²) in [6, 6.07) is 6.99. The van der Waals surface area contributed by atoms with Crippen LogP contribution >= 0.6 is 24.0 Å². The second-order valence-corrected chi connectivity index (χ2v) is 6.78. The Kier molecular flexibility index (Phi) is 9.01. The van der Waals surface area contributed by atoms with Gasteiger partial charge in [-0.3, -0.25) is 10.1 Å². The third kappa shape index (κ3) is 5.83. The maximum absolute atomic E-state index is 14.0. The highest BCUT2D eigenvalue weighted by molar-refractivity contribution is 14.0. The lowest BCUT2D eigenvalue weighted by Crippen LogP contribution is -2.52. The molecule has 0 radical (unpaired) electrons. The first-order valence-electron chi connectivity index (χ1n) is 9.70. The summed E-state index contributed by atoms with van der Waals surface area (Å²) < 4.78 is 14.0. The van der Waals surface area contributed by atoms with E-state index in [1.165, 1.54) is 11.6 Å². The first-order valence-corrected chi connectivity index (χ1v) is 9.70. The van der Waals surface area contributed by atoms with Gasteiger partial charge in [-0.05, 0) is 44.4 Å². The number of piperazine rings is 1. The van der Waals surface area contributed by atoms with Crippen LogP contribution in [0.2, 0.25) is 0 Å². The SMILES string of the molecule is CCNC(=NCCCc1cn[nH]c1C)N1CCN(c2ccccc2F)CC1.I. The lowest BCUT2D eigenvalue weighted by Gasteiger charge is -2.37. The van der Waals surface area contributed by atoms with Crippen LogP contribution in [-0.2, 0) is 6.42 Å². The van der Waals surface area contributed by atoms with E-state index < -0.39 is 0 Å². The molecule has 0 unspecified atom stereocenters.